The summed E-state index contributed by atoms with van der Waals surface area (Å²) in [5.74, 6) is 0.271. The van der Waals surface area contributed by atoms with Crippen LogP contribution in [-0.2, 0) is 4.79 Å². The van der Waals surface area contributed by atoms with Gasteiger partial charge in [0.05, 0.1) is 0 Å². The van der Waals surface area contributed by atoms with E-state index in [1.807, 2.05) is 35.7 Å². The molecule has 4 rings (SSSR count). The summed E-state index contributed by atoms with van der Waals surface area (Å²) in [4.78, 5) is 26.7. The van der Waals surface area contributed by atoms with Crippen LogP contribution in [0.1, 0.15) is 31.2 Å². The van der Waals surface area contributed by atoms with Crippen molar-refractivity contribution in [2.75, 3.05) is 41.0 Å². The van der Waals surface area contributed by atoms with Gasteiger partial charge in [0.1, 0.15) is 0 Å². The molecule has 2 aromatic carbocycles. The standard InChI is InChI=1S/C16H22N2OS.C8H10N2O/c1-20-15-9-11-17(12-15)13-5-7-14(8-6-13)18-10-3-2-4-16(18)19;1-6-2-4-7(5-3-6)10-8(9)11/h5-8,15H,2-4,9-12H2,1H3;2-5H,1H3,(H3,9,10,11). The quantitative estimate of drug-likeness (QED) is 0.726. The molecular weight excluding hydrogens is 408 g/mol. The van der Waals surface area contributed by atoms with Crippen molar-refractivity contribution in [3.8, 4) is 0 Å². The molecule has 1 atom stereocenters. The number of piperidine rings is 1. The molecule has 2 heterocycles. The Morgan fingerprint density at radius 1 is 1.03 bits per heavy atom. The summed E-state index contributed by atoms with van der Waals surface area (Å²) in [5.41, 5.74) is 9.13. The second-order valence-corrected chi connectivity index (χ2v) is 9.10. The monoisotopic (exact) mass is 440 g/mol. The zero-order chi connectivity index (χ0) is 22.2. The summed E-state index contributed by atoms with van der Waals surface area (Å²) >= 11 is 1.96. The van der Waals surface area contributed by atoms with Gasteiger partial charge in [0.15, 0.2) is 0 Å². The number of anilines is 3. The highest BCUT2D eigenvalue weighted by atomic mass is 32.2. The van der Waals surface area contributed by atoms with Crippen molar-refractivity contribution in [3.05, 3.63) is 54.1 Å². The maximum Gasteiger partial charge on any atom is 0.316 e. The van der Waals surface area contributed by atoms with Crippen molar-refractivity contribution in [2.45, 2.75) is 37.9 Å². The number of aryl methyl sites for hydroxylation is 1. The van der Waals surface area contributed by atoms with Crippen molar-refractivity contribution in [1.82, 2.24) is 0 Å². The van der Waals surface area contributed by atoms with Crippen LogP contribution in [0.5, 0.6) is 0 Å². The Morgan fingerprint density at radius 3 is 2.29 bits per heavy atom. The number of nitrogens with zero attached hydrogens (tertiary/aromatic N) is 2. The smallest absolute Gasteiger partial charge is 0.316 e. The van der Waals surface area contributed by atoms with E-state index in [2.05, 4.69) is 40.7 Å². The molecule has 31 heavy (non-hydrogen) atoms. The number of benzene rings is 2. The van der Waals surface area contributed by atoms with E-state index in [4.69, 9.17) is 5.73 Å². The van der Waals surface area contributed by atoms with Gasteiger partial charge < -0.3 is 20.9 Å². The molecule has 3 amide bonds. The molecule has 2 fully saturated rings. The fourth-order valence-electron chi connectivity index (χ4n) is 3.86. The van der Waals surface area contributed by atoms with Gasteiger partial charge in [-0.3, -0.25) is 4.79 Å². The van der Waals surface area contributed by atoms with Crippen LogP contribution in [0.25, 0.3) is 0 Å². The molecule has 0 spiro atoms. The molecule has 2 saturated heterocycles. The number of hydrogen-bond donors (Lipinski definition) is 2. The predicted molar refractivity (Wildman–Crippen MR) is 131 cm³/mol. The molecule has 6 nitrogen and oxygen atoms in total. The van der Waals surface area contributed by atoms with E-state index < -0.39 is 6.03 Å². The molecule has 0 saturated carbocycles. The molecule has 0 radical (unpaired) electrons. The average Bonchev–Trinajstić information content (AvgIpc) is 3.25. The second-order valence-electron chi connectivity index (χ2n) is 7.97. The summed E-state index contributed by atoms with van der Waals surface area (Å²) in [6, 6.07) is 15.4. The summed E-state index contributed by atoms with van der Waals surface area (Å²) in [6.45, 7) is 5.14. The minimum Gasteiger partial charge on any atom is -0.370 e. The van der Waals surface area contributed by atoms with Crippen LogP contribution in [0.4, 0.5) is 21.9 Å². The maximum absolute atomic E-state index is 11.9. The molecule has 0 bridgehead atoms. The van der Waals surface area contributed by atoms with Crippen molar-refractivity contribution in [3.63, 3.8) is 0 Å². The van der Waals surface area contributed by atoms with Crippen LogP contribution in [-0.4, -0.2) is 43.1 Å². The lowest BCUT2D eigenvalue weighted by Gasteiger charge is -2.27. The Hall–Kier alpha value is -2.67. The Labute approximate surface area is 189 Å². The summed E-state index contributed by atoms with van der Waals surface area (Å²) < 4.78 is 0. The summed E-state index contributed by atoms with van der Waals surface area (Å²) in [7, 11) is 0. The van der Waals surface area contributed by atoms with E-state index >= 15 is 0 Å². The lowest BCUT2D eigenvalue weighted by molar-refractivity contribution is -0.119. The van der Waals surface area contributed by atoms with Crippen LogP contribution >= 0.6 is 11.8 Å². The highest BCUT2D eigenvalue weighted by molar-refractivity contribution is 7.99. The molecule has 0 aromatic heterocycles. The number of thioether (sulfide) groups is 1. The van der Waals surface area contributed by atoms with Crippen molar-refractivity contribution in [2.24, 2.45) is 5.73 Å². The molecule has 166 valence electrons. The normalized spacial score (nSPS) is 18.4. The predicted octanol–water partition coefficient (Wildman–Crippen LogP) is 4.63. The van der Waals surface area contributed by atoms with Gasteiger partial charge in [0.2, 0.25) is 5.91 Å². The highest BCUT2D eigenvalue weighted by Gasteiger charge is 2.23. The van der Waals surface area contributed by atoms with Gasteiger partial charge in [-0.05, 0) is 68.8 Å². The van der Waals surface area contributed by atoms with Gasteiger partial charge in [0, 0.05) is 48.4 Å². The first-order valence-electron chi connectivity index (χ1n) is 10.8. The minimum atomic E-state index is -0.533. The van der Waals surface area contributed by atoms with E-state index in [1.165, 1.54) is 12.1 Å². The molecular formula is C24H32N4O2S. The summed E-state index contributed by atoms with van der Waals surface area (Å²) in [5, 5.41) is 3.23. The number of nitrogens with one attached hydrogen (secondary N) is 1. The first kappa shape index (κ1) is 23.0. The number of nitrogens with two attached hydrogens (primary N) is 1. The number of carbonyl (C=O) groups excluding carboxylic acids is 2. The Balaban J connectivity index is 0.000000210. The van der Waals surface area contributed by atoms with E-state index in [9.17, 15) is 9.59 Å². The third-order valence-corrected chi connectivity index (χ3v) is 6.70. The number of amides is 3. The first-order chi connectivity index (χ1) is 15.0. The van der Waals surface area contributed by atoms with Gasteiger partial charge in [-0.2, -0.15) is 11.8 Å². The SMILES string of the molecule is CSC1CCN(c2ccc(N3CCCCC3=O)cc2)C1.Cc1ccc(NC(N)=O)cc1. The third-order valence-electron chi connectivity index (χ3n) is 5.65. The molecule has 2 aliphatic rings. The Morgan fingerprint density at radius 2 is 1.71 bits per heavy atom. The third kappa shape index (κ3) is 6.66. The number of urea groups is 1. The van der Waals surface area contributed by atoms with Crippen LogP contribution in [0.3, 0.4) is 0 Å². The molecule has 2 aromatic rings. The zero-order valence-electron chi connectivity index (χ0n) is 18.3. The van der Waals surface area contributed by atoms with Gasteiger partial charge in [-0.25, -0.2) is 4.79 Å². The fraction of sp³-hybridized carbons (Fsp3) is 0.417. The molecule has 2 aliphatic heterocycles. The Bertz CT molecular complexity index is 870. The largest absolute Gasteiger partial charge is 0.370 e. The van der Waals surface area contributed by atoms with E-state index in [-0.39, 0.29) is 5.91 Å². The lowest BCUT2D eigenvalue weighted by atomic mass is 10.1. The molecule has 7 heteroatoms. The van der Waals surface area contributed by atoms with Gasteiger partial charge in [-0.1, -0.05) is 17.7 Å². The molecule has 0 aliphatic carbocycles. The number of hydrogen-bond acceptors (Lipinski definition) is 4. The van der Waals surface area contributed by atoms with Gasteiger partial charge in [0.25, 0.3) is 0 Å². The zero-order valence-corrected chi connectivity index (χ0v) is 19.2. The van der Waals surface area contributed by atoms with E-state index in [0.717, 1.165) is 54.7 Å². The summed E-state index contributed by atoms with van der Waals surface area (Å²) in [6.07, 6.45) is 6.32. The number of rotatable bonds is 4. The second kappa shape index (κ2) is 11.1. The van der Waals surface area contributed by atoms with E-state index in [0.29, 0.717) is 6.42 Å². The Kier molecular flexibility index (Phi) is 8.23. The van der Waals surface area contributed by atoms with Crippen molar-refractivity contribution < 1.29 is 9.59 Å². The van der Waals surface area contributed by atoms with Crippen LogP contribution < -0.4 is 20.9 Å². The maximum atomic E-state index is 11.9. The minimum absolute atomic E-state index is 0.271. The lowest BCUT2D eigenvalue weighted by Crippen LogP contribution is -2.35. The highest BCUT2D eigenvalue weighted by Crippen LogP contribution is 2.28. The van der Waals surface area contributed by atoms with Gasteiger partial charge in [-0.15, -0.1) is 0 Å². The van der Waals surface area contributed by atoms with Crippen LogP contribution in [0, 0.1) is 6.92 Å². The topological polar surface area (TPSA) is 78.7 Å². The van der Waals surface area contributed by atoms with Crippen LogP contribution in [0.15, 0.2) is 48.5 Å². The van der Waals surface area contributed by atoms with Crippen LogP contribution in [0.2, 0.25) is 0 Å². The molecule has 3 N–H and O–H groups in total. The van der Waals surface area contributed by atoms with Gasteiger partial charge >= 0.3 is 6.03 Å². The van der Waals surface area contributed by atoms with Crippen molar-refractivity contribution in [1.29, 1.82) is 0 Å². The van der Waals surface area contributed by atoms with E-state index in [1.54, 1.807) is 12.1 Å². The first-order valence-corrected chi connectivity index (χ1v) is 12.1. The fourth-order valence-corrected chi connectivity index (χ4v) is 4.53. The molecule has 1 unspecified atom stereocenters. The number of carbonyl (C=O) groups is 2. The van der Waals surface area contributed by atoms with Crippen molar-refractivity contribution >= 4 is 40.8 Å². The number of primary amides is 1. The average molecular weight is 441 g/mol.